The maximum Gasteiger partial charge on any atom is 0.324 e. The van der Waals surface area contributed by atoms with Gasteiger partial charge in [0.05, 0.1) is 4.92 Å². The van der Waals surface area contributed by atoms with Gasteiger partial charge in [-0.3, -0.25) is 10.1 Å². The Balaban J connectivity index is 2.49. The minimum atomic E-state index is -0.332. The average molecular weight is 299 g/mol. The number of hydrogen-bond donors (Lipinski definition) is 1. The Bertz CT molecular complexity index is 416. The molecule has 0 amide bonds. The molecule has 1 N–H and O–H groups in total. The number of thiophene rings is 1. The van der Waals surface area contributed by atoms with E-state index >= 15 is 0 Å². The van der Waals surface area contributed by atoms with Crippen LogP contribution in [0.5, 0.6) is 0 Å². The third-order valence-corrected chi connectivity index (χ3v) is 4.69. The van der Waals surface area contributed by atoms with Crippen LogP contribution in [-0.2, 0) is 6.54 Å². The second-order valence-corrected chi connectivity index (χ2v) is 6.18. The van der Waals surface area contributed by atoms with E-state index in [4.69, 9.17) is 0 Å². The smallest absolute Gasteiger partial charge is 0.311 e. The lowest BCUT2D eigenvalue weighted by molar-refractivity contribution is -0.380. The highest BCUT2D eigenvalue weighted by Gasteiger charge is 2.20. The summed E-state index contributed by atoms with van der Waals surface area (Å²) >= 11 is 1.19. The van der Waals surface area contributed by atoms with Crippen molar-refractivity contribution in [1.82, 2.24) is 10.2 Å². The van der Waals surface area contributed by atoms with E-state index in [0.29, 0.717) is 18.5 Å². The lowest BCUT2D eigenvalue weighted by Gasteiger charge is -2.31. The van der Waals surface area contributed by atoms with E-state index in [-0.39, 0.29) is 9.92 Å². The fraction of sp³-hybridized carbons (Fsp3) is 0.714. The molecule has 0 saturated carbocycles. The van der Waals surface area contributed by atoms with E-state index in [1.807, 2.05) is 5.38 Å². The third-order valence-electron chi connectivity index (χ3n) is 3.76. The predicted molar refractivity (Wildman–Crippen MR) is 84.2 cm³/mol. The normalized spacial score (nSPS) is 13.1. The Morgan fingerprint density at radius 2 is 2.05 bits per heavy atom. The zero-order valence-corrected chi connectivity index (χ0v) is 13.6. The van der Waals surface area contributed by atoms with Crippen LogP contribution in [0.1, 0.15) is 32.3 Å². The molecule has 0 bridgehead atoms. The van der Waals surface area contributed by atoms with Crippen LogP contribution in [0.25, 0.3) is 0 Å². The summed E-state index contributed by atoms with van der Waals surface area (Å²) in [6.07, 6.45) is 2.34. The van der Waals surface area contributed by atoms with Crippen molar-refractivity contribution in [2.24, 2.45) is 5.92 Å². The highest BCUT2D eigenvalue weighted by molar-refractivity contribution is 7.13. The van der Waals surface area contributed by atoms with Crippen LogP contribution in [0.15, 0.2) is 11.4 Å². The van der Waals surface area contributed by atoms with Gasteiger partial charge in [-0.15, -0.1) is 0 Å². The van der Waals surface area contributed by atoms with Gasteiger partial charge < -0.3 is 10.2 Å². The van der Waals surface area contributed by atoms with Crippen molar-refractivity contribution < 1.29 is 4.92 Å². The summed E-state index contributed by atoms with van der Waals surface area (Å²) < 4.78 is 0. The maximum atomic E-state index is 10.6. The lowest BCUT2D eigenvalue weighted by Crippen LogP contribution is -2.42. The summed E-state index contributed by atoms with van der Waals surface area (Å²) in [6, 6.07) is 2.15. The highest BCUT2D eigenvalue weighted by Crippen LogP contribution is 2.22. The molecule has 1 aromatic rings. The summed E-state index contributed by atoms with van der Waals surface area (Å²) in [5, 5.41) is 16.1. The maximum absolute atomic E-state index is 10.6. The van der Waals surface area contributed by atoms with Crippen LogP contribution in [0.4, 0.5) is 5.00 Å². The molecule has 0 saturated heterocycles. The van der Waals surface area contributed by atoms with Crippen LogP contribution >= 0.6 is 11.3 Å². The topological polar surface area (TPSA) is 58.4 Å². The molecule has 114 valence electrons. The molecule has 0 radical (unpaired) electrons. The van der Waals surface area contributed by atoms with Crippen LogP contribution in [0.3, 0.4) is 0 Å². The van der Waals surface area contributed by atoms with Gasteiger partial charge in [0.2, 0.25) is 0 Å². The highest BCUT2D eigenvalue weighted by atomic mass is 32.1. The molecule has 1 atom stereocenters. The van der Waals surface area contributed by atoms with Crippen molar-refractivity contribution in [3.63, 3.8) is 0 Å². The van der Waals surface area contributed by atoms with Gasteiger partial charge in [0.15, 0.2) is 0 Å². The monoisotopic (exact) mass is 299 g/mol. The Labute approximate surface area is 125 Å². The number of rotatable bonds is 9. The molecule has 1 heterocycles. The van der Waals surface area contributed by atoms with E-state index < -0.39 is 0 Å². The molecule has 0 spiro atoms. The van der Waals surface area contributed by atoms with Gasteiger partial charge in [-0.2, -0.15) is 0 Å². The number of hydrogen-bond acceptors (Lipinski definition) is 5. The zero-order chi connectivity index (χ0) is 15.1. The molecule has 5 nitrogen and oxygen atoms in total. The molecule has 0 fully saturated rings. The molecule has 1 aromatic heterocycles. The molecule has 0 aliphatic carbocycles. The van der Waals surface area contributed by atoms with Crippen LogP contribution in [0, 0.1) is 16.0 Å². The number of nitro groups is 1. The molecule has 0 aromatic carbocycles. The SMILES string of the molecule is CCC(CC)C(CNCc1csc([N+](=O)[O-])c1)N(C)C. The van der Waals surface area contributed by atoms with Gasteiger partial charge in [0.25, 0.3) is 0 Å². The molecule has 6 heteroatoms. The molecule has 20 heavy (non-hydrogen) atoms. The van der Waals surface area contributed by atoms with Crippen molar-refractivity contribution in [2.75, 3.05) is 20.6 Å². The van der Waals surface area contributed by atoms with Crippen molar-refractivity contribution in [3.8, 4) is 0 Å². The van der Waals surface area contributed by atoms with Crippen LogP contribution in [-0.4, -0.2) is 36.5 Å². The molecule has 1 rings (SSSR count). The molecular weight excluding hydrogens is 274 g/mol. The number of nitrogens with one attached hydrogen (secondary N) is 1. The average Bonchev–Trinajstić information content (AvgIpc) is 2.87. The summed E-state index contributed by atoms with van der Waals surface area (Å²) in [7, 11) is 4.22. The van der Waals surface area contributed by atoms with Gasteiger partial charge >= 0.3 is 5.00 Å². The van der Waals surface area contributed by atoms with E-state index in [9.17, 15) is 10.1 Å². The first-order valence-corrected chi connectivity index (χ1v) is 7.96. The summed E-state index contributed by atoms with van der Waals surface area (Å²) in [5.74, 6) is 0.675. The van der Waals surface area contributed by atoms with Crippen LogP contribution < -0.4 is 5.32 Å². The number of nitrogens with zero attached hydrogens (tertiary/aromatic N) is 2. The summed E-state index contributed by atoms with van der Waals surface area (Å²) in [5.41, 5.74) is 0.990. The summed E-state index contributed by atoms with van der Waals surface area (Å²) in [6.45, 7) is 6.05. The fourth-order valence-corrected chi connectivity index (χ4v) is 3.25. The molecule has 0 aliphatic heterocycles. The van der Waals surface area contributed by atoms with Crippen molar-refractivity contribution in [2.45, 2.75) is 39.3 Å². The van der Waals surface area contributed by atoms with E-state index in [0.717, 1.165) is 12.1 Å². The van der Waals surface area contributed by atoms with Gasteiger partial charge in [-0.05, 0) is 25.6 Å². The van der Waals surface area contributed by atoms with Gasteiger partial charge in [-0.25, -0.2) is 0 Å². The minimum Gasteiger partial charge on any atom is -0.311 e. The fourth-order valence-electron chi connectivity index (χ4n) is 2.52. The van der Waals surface area contributed by atoms with E-state index in [1.165, 1.54) is 24.2 Å². The Hall–Kier alpha value is -0.980. The predicted octanol–water partition coefficient (Wildman–Crippen LogP) is 3.11. The Morgan fingerprint density at radius 3 is 2.50 bits per heavy atom. The van der Waals surface area contributed by atoms with Crippen molar-refractivity contribution in [3.05, 3.63) is 27.1 Å². The Morgan fingerprint density at radius 1 is 1.40 bits per heavy atom. The second-order valence-electron chi connectivity index (χ2n) is 5.29. The van der Waals surface area contributed by atoms with E-state index in [2.05, 4.69) is 38.2 Å². The first-order chi connectivity index (χ1) is 9.49. The van der Waals surface area contributed by atoms with Gasteiger partial charge in [-0.1, -0.05) is 38.0 Å². The summed E-state index contributed by atoms with van der Waals surface area (Å²) in [4.78, 5) is 12.6. The first-order valence-electron chi connectivity index (χ1n) is 7.08. The quantitative estimate of drug-likeness (QED) is 0.562. The van der Waals surface area contributed by atoms with Crippen molar-refractivity contribution >= 4 is 16.3 Å². The largest absolute Gasteiger partial charge is 0.324 e. The van der Waals surface area contributed by atoms with Crippen molar-refractivity contribution in [1.29, 1.82) is 0 Å². The standard InChI is InChI=1S/C14H25N3O2S/c1-5-12(6-2)13(16(3)4)9-15-8-11-7-14(17(18)19)20-10-11/h7,10,12-13,15H,5-6,8-9H2,1-4H3. The molecular formula is C14H25N3O2S. The third kappa shape index (κ3) is 4.85. The van der Waals surface area contributed by atoms with Gasteiger partial charge in [0, 0.05) is 30.6 Å². The lowest BCUT2D eigenvalue weighted by atomic mass is 9.93. The molecule has 1 unspecified atom stereocenters. The minimum absolute atomic E-state index is 0.214. The first kappa shape index (κ1) is 17.1. The second kappa shape index (κ2) is 8.34. The molecule has 0 aliphatic rings. The van der Waals surface area contributed by atoms with Gasteiger partial charge in [0.1, 0.15) is 0 Å². The Kier molecular flexibility index (Phi) is 7.12. The van der Waals surface area contributed by atoms with Crippen LogP contribution in [0.2, 0.25) is 0 Å². The zero-order valence-electron chi connectivity index (χ0n) is 12.8. The van der Waals surface area contributed by atoms with E-state index in [1.54, 1.807) is 6.07 Å². The number of likely N-dealkylation sites (N-methyl/N-ethyl adjacent to an activating group) is 1.